The molecule has 0 aliphatic carbocycles. The molecule has 0 radical (unpaired) electrons. The average molecular weight is 358 g/mol. The number of carboxylic acid groups (broad SMARTS) is 1. The van der Waals surface area contributed by atoms with Crippen molar-refractivity contribution in [3.8, 4) is 5.75 Å². The fourth-order valence-corrected chi connectivity index (χ4v) is 2.20. The maximum atomic E-state index is 13.8. The predicted octanol–water partition coefficient (Wildman–Crippen LogP) is 3.73. The molecule has 0 aliphatic rings. The second kappa shape index (κ2) is 7.30. The molecule has 0 fully saturated rings. The molecule has 0 bridgehead atoms. The Bertz CT molecular complexity index is 767. The number of oxime groups is 1. The van der Waals surface area contributed by atoms with Crippen LogP contribution in [0.15, 0.2) is 47.6 Å². The van der Waals surface area contributed by atoms with E-state index in [1.165, 1.54) is 36.4 Å². The zero-order valence-electron chi connectivity index (χ0n) is 11.4. The van der Waals surface area contributed by atoms with E-state index >= 15 is 0 Å². The number of benzene rings is 2. The van der Waals surface area contributed by atoms with Crippen molar-refractivity contribution in [3.63, 3.8) is 0 Å². The van der Waals surface area contributed by atoms with E-state index in [2.05, 4.69) is 5.16 Å². The van der Waals surface area contributed by atoms with Crippen LogP contribution in [0, 0.1) is 5.82 Å². The second-order valence-corrected chi connectivity index (χ2v) is 5.15. The minimum absolute atomic E-state index is 0.0614. The minimum Gasteiger partial charge on any atom is -0.478 e. The summed E-state index contributed by atoms with van der Waals surface area (Å²) in [7, 11) is 0. The van der Waals surface area contributed by atoms with Gasteiger partial charge in [0.05, 0.1) is 5.02 Å². The lowest BCUT2D eigenvalue weighted by atomic mass is 10.0. The van der Waals surface area contributed by atoms with Crippen molar-refractivity contribution in [3.05, 3.63) is 64.4 Å². The summed E-state index contributed by atoms with van der Waals surface area (Å²) in [5.74, 6) is -1.83. The summed E-state index contributed by atoms with van der Waals surface area (Å²) in [6.07, 6.45) is 0. The largest absolute Gasteiger partial charge is 0.478 e. The Hall–Kier alpha value is -2.31. The molecule has 1 unspecified atom stereocenters. The molecule has 0 amide bonds. The van der Waals surface area contributed by atoms with Crippen LogP contribution < -0.4 is 4.74 Å². The first kappa shape index (κ1) is 17.1. The van der Waals surface area contributed by atoms with Crippen LogP contribution in [0.4, 0.5) is 4.39 Å². The Morgan fingerprint density at radius 1 is 1.22 bits per heavy atom. The molecule has 2 N–H and O–H groups in total. The smallest absolute Gasteiger partial charge is 0.360 e. The van der Waals surface area contributed by atoms with E-state index in [-0.39, 0.29) is 27.6 Å². The van der Waals surface area contributed by atoms with Crippen molar-refractivity contribution >= 4 is 34.9 Å². The second-order valence-electron chi connectivity index (χ2n) is 4.34. The SMILES string of the molecule is O=C(O)C(Cl)Oc1ccc(C(=NO)c2ccccc2F)c(Cl)c1. The summed E-state index contributed by atoms with van der Waals surface area (Å²) in [5, 5.41) is 21.1. The van der Waals surface area contributed by atoms with Gasteiger partial charge < -0.3 is 15.1 Å². The highest BCUT2D eigenvalue weighted by Gasteiger charge is 2.18. The average Bonchev–Trinajstić information content (AvgIpc) is 2.51. The number of nitrogens with zero attached hydrogens (tertiary/aromatic N) is 1. The first-order valence-electron chi connectivity index (χ1n) is 6.24. The quantitative estimate of drug-likeness (QED) is 0.369. The van der Waals surface area contributed by atoms with Crippen molar-refractivity contribution in [1.29, 1.82) is 0 Å². The van der Waals surface area contributed by atoms with Crippen molar-refractivity contribution < 1.29 is 24.2 Å². The Labute approximate surface area is 140 Å². The van der Waals surface area contributed by atoms with E-state index < -0.39 is 17.3 Å². The summed E-state index contributed by atoms with van der Waals surface area (Å²) in [4.78, 5) is 10.6. The Morgan fingerprint density at radius 3 is 2.48 bits per heavy atom. The zero-order valence-corrected chi connectivity index (χ0v) is 12.9. The Kier molecular flexibility index (Phi) is 5.41. The van der Waals surface area contributed by atoms with Crippen LogP contribution in [0.3, 0.4) is 0 Å². The summed E-state index contributed by atoms with van der Waals surface area (Å²) in [5.41, 5.74) is -1.34. The molecular formula is C15H10Cl2FNO4. The molecule has 0 heterocycles. The lowest BCUT2D eigenvalue weighted by Gasteiger charge is -2.12. The third-order valence-corrected chi connectivity index (χ3v) is 3.45. The van der Waals surface area contributed by atoms with Crippen LogP contribution in [0.25, 0.3) is 0 Å². The Morgan fingerprint density at radius 2 is 1.91 bits per heavy atom. The molecule has 2 rings (SSSR count). The van der Waals surface area contributed by atoms with Crippen LogP contribution >= 0.6 is 23.2 Å². The third kappa shape index (κ3) is 3.91. The van der Waals surface area contributed by atoms with Gasteiger partial charge in [0.25, 0.3) is 5.56 Å². The summed E-state index contributed by atoms with van der Waals surface area (Å²) < 4.78 is 18.8. The molecule has 0 saturated heterocycles. The number of hydrogen-bond acceptors (Lipinski definition) is 4. The van der Waals surface area contributed by atoms with Crippen LogP contribution in [-0.2, 0) is 4.79 Å². The summed E-state index contributed by atoms with van der Waals surface area (Å²) in [6.45, 7) is 0. The van der Waals surface area contributed by atoms with Crippen molar-refractivity contribution in [2.75, 3.05) is 0 Å². The molecule has 0 aromatic heterocycles. The fourth-order valence-electron chi connectivity index (χ4n) is 1.84. The van der Waals surface area contributed by atoms with Gasteiger partial charge in [0, 0.05) is 11.1 Å². The molecule has 120 valence electrons. The van der Waals surface area contributed by atoms with Crippen LogP contribution in [0.5, 0.6) is 5.75 Å². The van der Waals surface area contributed by atoms with Gasteiger partial charge >= 0.3 is 5.97 Å². The number of rotatable bonds is 5. The van der Waals surface area contributed by atoms with Gasteiger partial charge in [-0.2, -0.15) is 0 Å². The van der Waals surface area contributed by atoms with E-state index in [1.54, 1.807) is 6.07 Å². The number of carboxylic acids is 1. The summed E-state index contributed by atoms with van der Waals surface area (Å²) in [6, 6.07) is 9.82. The number of halogens is 3. The summed E-state index contributed by atoms with van der Waals surface area (Å²) >= 11 is 11.6. The van der Waals surface area contributed by atoms with E-state index in [9.17, 15) is 14.4 Å². The van der Waals surface area contributed by atoms with Crippen molar-refractivity contribution in [1.82, 2.24) is 0 Å². The lowest BCUT2D eigenvalue weighted by Crippen LogP contribution is -2.20. The predicted molar refractivity (Wildman–Crippen MR) is 83.2 cm³/mol. The van der Waals surface area contributed by atoms with Gasteiger partial charge in [-0.05, 0) is 30.3 Å². The molecule has 2 aromatic rings. The van der Waals surface area contributed by atoms with E-state index in [1.807, 2.05) is 0 Å². The van der Waals surface area contributed by atoms with Gasteiger partial charge in [-0.1, -0.05) is 40.5 Å². The Balaban J connectivity index is 2.37. The maximum absolute atomic E-state index is 13.8. The van der Waals surface area contributed by atoms with Crippen LogP contribution in [0.1, 0.15) is 11.1 Å². The van der Waals surface area contributed by atoms with Crippen LogP contribution in [0.2, 0.25) is 5.02 Å². The highest BCUT2D eigenvalue weighted by Crippen LogP contribution is 2.27. The van der Waals surface area contributed by atoms with E-state index in [4.69, 9.17) is 33.0 Å². The molecular weight excluding hydrogens is 348 g/mol. The molecule has 0 aliphatic heterocycles. The zero-order chi connectivity index (χ0) is 17.0. The normalized spacial score (nSPS) is 12.7. The monoisotopic (exact) mass is 357 g/mol. The highest BCUT2D eigenvalue weighted by molar-refractivity contribution is 6.35. The first-order chi connectivity index (χ1) is 10.9. The van der Waals surface area contributed by atoms with Crippen molar-refractivity contribution in [2.45, 2.75) is 5.56 Å². The van der Waals surface area contributed by atoms with Gasteiger partial charge in [-0.3, -0.25) is 0 Å². The van der Waals surface area contributed by atoms with Crippen molar-refractivity contribution in [2.24, 2.45) is 5.16 Å². The minimum atomic E-state index is -1.57. The molecule has 8 heteroatoms. The fraction of sp³-hybridized carbons (Fsp3) is 0.0667. The van der Waals surface area contributed by atoms with E-state index in [0.717, 1.165) is 0 Å². The number of ether oxygens (including phenoxy) is 1. The number of carbonyl (C=O) groups is 1. The molecule has 5 nitrogen and oxygen atoms in total. The molecule has 1 atom stereocenters. The third-order valence-electron chi connectivity index (χ3n) is 2.86. The lowest BCUT2D eigenvalue weighted by molar-refractivity contribution is -0.141. The standard InChI is InChI=1S/C15H10Cl2FNO4/c16-11-7-8(23-14(17)15(20)21)5-6-9(11)13(19-22)10-3-1-2-4-12(10)18/h1-7,14,22H,(H,20,21). The van der Waals surface area contributed by atoms with Gasteiger partial charge in [0.2, 0.25) is 0 Å². The number of aliphatic carboxylic acids is 1. The van der Waals surface area contributed by atoms with Gasteiger partial charge in [-0.15, -0.1) is 0 Å². The highest BCUT2D eigenvalue weighted by atomic mass is 35.5. The van der Waals surface area contributed by atoms with Gasteiger partial charge in [-0.25, -0.2) is 9.18 Å². The molecule has 0 spiro atoms. The molecule has 0 saturated carbocycles. The van der Waals surface area contributed by atoms with Gasteiger partial charge in [0.1, 0.15) is 17.3 Å². The van der Waals surface area contributed by atoms with E-state index in [0.29, 0.717) is 0 Å². The van der Waals surface area contributed by atoms with Crippen LogP contribution in [-0.4, -0.2) is 27.6 Å². The number of alkyl halides is 1. The number of hydrogen-bond donors (Lipinski definition) is 2. The van der Waals surface area contributed by atoms with Gasteiger partial charge in [0.15, 0.2) is 0 Å². The topological polar surface area (TPSA) is 79.1 Å². The maximum Gasteiger partial charge on any atom is 0.360 e. The molecule has 2 aromatic carbocycles. The first-order valence-corrected chi connectivity index (χ1v) is 7.06. The molecule has 23 heavy (non-hydrogen) atoms.